The number of rotatable bonds is 8. The van der Waals surface area contributed by atoms with Gasteiger partial charge >= 0.3 is 0 Å². The molecular weight excluding hydrogens is 286 g/mol. The highest BCUT2D eigenvalue weighted by molar-refractivity contribution is 7.98. The van der Waals surface area contributed by atoms with Crippen LogP contribution in [0.2, 0.25) is 0 Å². The molecule has 2 aromatic rings. The summed E-state index contributed by atoms with van der Waals surface area (Å²) in [4.78, 5) is 8.57. The van der Waals surface area contributed by atoms with Gasteiger partial charge in [-0.15, -0.1) is 0 Å². The molecule has 0 saturated heterocycles. The molecule has 0 fully saturated rings. The van der Waals surface area contributed by atoms with Gasteiger partial charge in [-0.1, -0.05) is 30.0 Å². The fraction of sp³-hybridized carbons (Fsp3) is 0.286. The van der Waals surface area contributed by atoms with Gasteiger partial charge in [0.1, 0.15) is 17.4 Å². The predicted octanol–water partition coefficient (Wildman–Crippen LogP) is 2.37. The maximum absolute atomic E-state index is 5.62. The number of nitrogens with two attached hydrogens (primary N) is 1. The Bertz CT molecular complexity index is 530. The number of nitrogen functional groups attached to an aromatic ring is 1. The van der Waals surface area contributed by atoms with Crippen LogP contribution in [0.4, 0.5) is 11.6 Å². The van der Waals surface area contributed by atoms with Crippen molar-refractivity contribution < 1.29 is 4.74 Å². The van der Waals surface area contributed by atoms with Crippen molar-refractivity contribution in [3.05, 3.63) is 36.4 Å². The molecule has 0 unspecified atom stereocenters. The van der Waals surface area contributed by atoms with Gasteiger partial charge in [0.2, 0.25) is 0 Å². The number of anilines is 2. The first-order valence-corrected chi connectivity index (χ1v) is 7.85. The normalized spacial score (nSPS) is 10.2. The number of nitrogens with one attached hydrogen (secondary N) is 2. The van der Waals surface area contributed by atoms with E-state index in [9.17, 15) is 0 Å². The third kappa shape index (κ3) is 5.13. The van der Waals surface area contributed by atoms with E-state index in [4.69, 9.17) is 10.6 Å². The molecule has 4 N–H and O–H groups in total. The van der Waals surface area contributed by atoms with Crippen molar-refractivity contribution in [1.29, 1.82) is 0 Å². The van der Waals surface area contributed by atoms with Gasteiger partial charge in [0.05, 0.1) is 6.61 Å². The molecular formula is C14H19N5OS. The van der Waals surface area contributed by atoms with E-state index in [0.717, 1.165) is 24.5 Å². The number of nitrogens with zero attached hydrogens (tertiary/aromatic N) is 2. The van der Waals surface area contributed by atoms with E-state index in [1.807, 2.05) is 36.6 Å². The zero-order chi connectivity index (χ0) is 14.9. The van der Waals surface area contributed by atoms with Gasteiger partial charge in [0, 0.05) is 12.6 Å². The Labute approximate surface area is 128 Å². The Morgan fingerprint density at radius 2 is 1.95 bits per heavy atom. The second-order valence-electron chi connectivity index (χ2n) is 4.21. The van der Waals surface area contributed by atoms with Crippen LogP contribution in [0.1, 0.15) is 6.42 Å². The molecule has 0 aliphatic rings. The summed E-state index contributed by atoms with van der Waals surface area (Å²) in [7, 11) is 0. The molecule has 0 aliphatic heterocycles. The van der Waals surface area contributed by atoms with E-state index in [0.29, 0.717) is 17.6 Å². The van der Waals surface area contributed by atoms with Crippen LogP contribution < -0.4 is 21.3 Å². The predicted molar refractivity (Wildman–Crippen MR) is 86.7 cm³/mol. The van der Waals surface area contributed by atoms with Crippen molar-refractivity contribution in [2.45, 2.75) is 11.6 Å². The van der Waals surface area contributed by atoms with Crippen molar-refractivity contribution >= 4 is 23.4 Å². The number of para-hydroxylation sites is 1. The fourth-order valence-electron chi connectivity index (χ4n) is 1.68. The maximum Gasteiger partial charge on any atom is 0.191 e. The lowest BCUT2D eigenvalue weighted by molar-refractivity contribution is 0.315. The number of thioether (sulfide) groups is 1. The summed E-state index contributed by atoms with van der Waals surface area (Å²) in [5.74, 6) is 7.62. The minimum atomic E-state index is 0.595. The van der Waals surface area contributed by atoms with Gasteiger partial charge in [-0.3, -0.25) is 0 Å². The zero-order valence-electron chi connectivity index (χ0n) is 11.9. The number of ether oxygens (including phenoxy) is 1. The van der Waals surface area contributed by atoms with Crippen LogP contribution in [0.3, 0.4) is 0 Å². The lowest BCUT2D eigenvalue weighted by Crippen LogP contribution is -2.12. The van der Waals surface area contributed by atoms with Gasteiger partial charge in [-0.2, -0.15) is 0 Å². The van der Waals surface area contributed by atoms with Gasteiger partial charge in [-0.25, -0.2) is 15.8 Å². The number of hydrogen-bond donors (Lipinski definition) is 3. The molecule has 0 amide bonds. The summed E-state index contributed by atoms with van der Waals surface area (Å²) in [6.45, 7) is 1.42. The van der Waals surface area contributed by atoms with Crippen molar-refractivity contribution in [3.8, 4) is 5.75 Å². The summed E-state index contributed by atoms with van der Waals surface area (Å²) in [5, 5.41) is 3.91. The first-order chi connectivity index (χ1) is 10.3. The number of hydrogen-bond acceptors (Lipinski definition) is 7. The third-order valence-corrected chi connectivity index (χ3v) is 3.22. The van der Waals surface area contributed by atoms with E-state index >= 15 is 0 Å². The summed E-state index contributed by atoms with van der Waals surface area (Å²) in [5.41, 5.74) is 2.54. The fourth-order valence-corrected chi connectivity index (χ4v) is 2.06. The first kappa shape index (κ1) is 15.4. The van der Waals surface area contributed by atoms with E-state index in [1.54, 1.807) is 6.07 Å². The third-order valence-electron chi connectivity index (χ3n) is 2.68. The van der Waals surface area contributed by atoms with Crippen LogP contribution in [0.5, 0.6) is 5.75 Å². The van der Waals surface area contributed by atoms with Crippen molar-refractivity contribution in [2.24, 2.45) is 5.84 Å². The highest BCUT2D eigenvalue weighted by Gasteiger charge is 2.02. The van der Waals surface area contributed by atoms with Crippen LogP contribution in [0.25, 0.3) is 0 Å². The quantitative estimate of drug-likeness (QED) is 0.227. The Balaban J connectivity index is 1.75. The van der Waals surface area contributed by atoms with Gasteiger partial charge < -0.3 is 15.5 Å². The molecule has 1 aromatic carbocycles. The average Bonchev–Trinajstić information content (AvgIpc) is 2.55. The summed E-state index contributed by atoms with van der Waals surface area (Å²) in [6, 6.07) is 11.6. The molecule has 0 radical (unpaired) electrons. The number of aromatic nitrogens is 2. The molecule has 112 valence electrons. The molecule has 0 aliphatic carbocycles. The van der Waals surface area contributed by atoms with Crippen LogP contribution in [0, 0.1) is 0 Å². The summed E-state index contributed by atoms with van der Waals surface area (Å²) < 4.78 is 5.62. The molecule has 0 saturated carbocycles. The molecule has 0 bridgehead atoms. The smallest absolute Gasteiger partial charge is 0.191 e. The number of hydrazine groups is 1. The summed E-state index contributed by atoms with van der Waals surface area (Å²) in [6.07, 6.45) is 2.80. The highest BCUT2D eigenvalue weighted by Crippen LogP contribution is 2.16. The molecule has 7 heteroatoms. The Morgan fingerprint density at radius 1 is 1.19 bits per heavy atom. The lowest BCUT2D eigenvalue weighted by Gasteiger charge is -2.09. The molecule has 1 aromatic heterocycles. The van der Waals surface area contributed by atoms with Crippen LogP contribution in [-0.4, -0.2) is 29.4 Å². The monoisotopic (exact) mass is 305 g/mol. The van der Waals surface area contributed by atoms with Gasteiger partial charge in [-0.05, 0) is 24.8 Å². The molecule has 21 heavy (non-hydrogen) atoms. The van der Waals surface area contributed by atoms with Gasteiger partial charge in [0.15, 0.2) is 5.16 Å². The topological polar surface area (TPSA) is 85.1 Å². The average molecular weight is 305 g/mol. The molecule has 2 rings (SSSR count). The summed E-state index contributed by atoms with van der Waals surface area (Å²) >= 11 is 1.47. The minimum Gasteiger partial charge on any atom is -0.494 e. The largest absolute Gasteiger partial charge is 0.494 e. The Morgan fingerprint density at radius 3 is 2.67 bits per heavy atom. The van der Waals surface area contributed by atoms with Crippen LogP contribution >= 0.6 is 11.8 Å². The minimum absolute atomic E-state index is 0.595. The van der Waals surface area contributed by atoms with Crippen LogP contribution in [0.15, 0.2) is 41.6 Å². The zero-order valence-corrected chi connectivity index (χ0v) is 12.7. The number of benzene rings is 1. The van der Waals surface area contributed by atoms with Gasteiger partial charge in [0.25, 0.3) is 0 Å². The second kappa shape index (κ2) is 8.33. The van der Waals surface area contributed by atoms with E-state index < -0.39 is 0 Å². The second-order valence-corrected chi connectivity index (χ2v) is 4.98. The van der Waals surface area contributed by atoms with E-state index in [1.165, 1.54) is 11.8 Å². The first-order valence-electron chi connectivity index (χ1n) is 6.63. The SMILES string of the molecule is CSc1nc(NN)cc(NCCCOc2ccccc2)n1. The molecule has 6 nitrogen and oxygen atoms in total. The van der Waals surface area contributed by atoms with E-state index in [-0.39, 0.29) is 0 Å². The Kier molecular flexibility index (Phi) is 6.11. The highest BCUT2D eigenvalue weighted by atomic mass is 32.2. The van der Waals surface area contributed by atoms with Crippen molar-refractivity contribution in [2.75, 3.05) is 30.1 Å². The maximum atomic E-state index is 5.62. The van der Waals surface area contributed by atoms with E-state index in [2.05, 4.69) is 20.7 Å². The standard InChI is InChI=1S/C14H19N5OS/c1-21-14-17-12(10-13(18-14)19-15)16-8-5-9-20-11-6-3-2-4-7-11/h2-4,6-7,10H,5,8-9,15H2,1H3,(H2,16,17,18,19). The molecule has 0 atom stereocenters. The van der Waals surface area contributed by atoms with Crippen molar-refractivity contribution in [1.82, 2.24) is 9.97 Å². The van der Waals surface area contributed by atoms with Crippen LogP contribution in [-0.2, 0) is 0 Å². The molecule has 0 spiro atoms. The molecule has 1 heterocycles. The lowest BCUT2D eigenvalue weighted by atomic mass is 10.3. The van der Waals surface area contributed by atoms with Crippen molar-refractivity contribution in [3.63, 3.8) is 0 Å². The Hall–Kier alpha value is -1.99.